The smallest absolute Gasteiger partial charge is 0.253 e. The van der Waals surface area contributed by atoms with Crippen LogP contribution in [0.2, 0.25) is 0 Å². The van der Waals surface area contributed by atoms with E-state index in [2.05, 4.69) is 10.2 Å². The second-order valence-electron chi connectivity index (χ2n) is 6.65. The molecule has 1 heterocycles. The van der Waals surface area contributed by atoms with E-state index in [0.29, 0.717) is 17.8 Å². The molecule has 0 atom stereocenters. The number of rotatable bonds is 4. The van der Waals surface area contributed by atoms with Crippen molar-refractivity contribution in [3.63, 3.8) is 0 Å². The van der Waals surface area contributed by atoms with E-state index < -0.39 is 0 Å². The van der Waals surface area contributed by atoms with Crippen LogP contribution in [0.5, 0.6) is 0 Å². The van der Waals surface area contributed by atoms with Gasteiger partial charge in [-0.05, 0) is 25.0 Å². The Morgan fingerprint density at radius 3 is 2.50 bits per heavy atom. The van der Waals surface area contributed by atoms with Gasteiger partial charge in [-0.15, -0.1) is 12.4 Å². The van der Waals surface area contributed by atoms with Gasteiger partial charge in [0.1, 0.15) is 0 Å². The zero-order valence-corrected chi connectivity index (χ0v) is 14.9. The highest BCUT2D eigenvalue weighted by atomic mass is 35.5. The fraction of sp³-hybridized carbons (Fsp3) is 0.611. The molecule has 5 nitrogen and oxygen atoms in total. The normalized spacial score (nSPS) is 20.8. The van der Waals surface area contributed by atoms with Crippen molar-refractivity contribution in [2.24, 2.45) is 0 Å². The maximum Gasteiger partial charge on any atom is 0.253 e. The standard InChI is InChI=1S/C18H27N3O2.ClH/c19-16-7-3-2-6-15(16)17(22)20-14-18(8-4-1-5-9-18)21-10-12-23-13-11-21;/h2-3,6-7H,1,4-5,8-14,19H2,(H,20,22);1H. The van der Waals surface area contributed by atoms with Crippen LogP contribution in [0.3, 0.4) is 0 Å². The number of amides is 1. The largest absolute Gasteiger partial charge is 0.398 e. The highest BCUT2D eigenvalue weighted by Gasteiger charge is 2.38. The molecule has 0 bridgehead atoms. The number of benzene rings is 1. The van der Waals surface area contributed by atoms with E-state index in [9.17, 15) is 4.79 Å². The summed E-state index contributed by atoms with van der Waals surface area (Å²) in [5.74, 6) is -0.0682. The number of ether oxygens (including phenoxy) is 1. The Hall–Kier alpha value is -1.30. The summed E-state index contributed by atoms with van der Waals surface area (Å²) in [4.78, 5) is 15.0. The monoisotopic (exact) mass is 353 g/mol. The van der Waals surface area contributed by atoms with Gasteiger partial charge in [0.05, 0.1) is 18.8 Å². The van der Waals surface area contributed by atoms with Crippen molar-refractivity contribution >= 4 is 24.0 Å². The fourth-order valence-corrected chi connectivity index (χ4v) is 3.90. The highest BCUT2D eigenvalue weighted by molar-refractivity contribution is 5.99. The lowest BCUT2D eigenvalue weighted by Gasteiger charge is -2.48. The third kappa shape index (κ3) is 4.21. The third-order valence-electron chi connectivity index (χ3n) is 5.25. The first kappa shape index (κ1) is 19.0. The minimum atomic E-state index is -0.0682. The lowest BCUT2D eigenvalue weighted by molar-refractivity contribution is -0.0361. The molecule has 1 saturated carbocycles. The molecule has 1 amide bonds. The summed E-state index contributed by atoms with van der Waals surface area (Å²) in [6.07, 6.45) is 6.07. The molecule has 2 aliphatic rings. The zero-order chi connectivity index (χ0) is 16.1. The first-order valence-corrected chi connectivity index (χ1v) is 8.67. The molecule has 0 radical (unpaired) electrons. The Labute approximate surface area is 150 Å². The number of nitrogens with zero attached hydrogens (tertiary/aromatic N) is 1. The van der Waals surface area contributed by atoms with E-state index in [0.717, 1.165) is 39.1 Å². The molecular weight excluding hydrogens is 326 g/mol. The molecule has 1 aromatic rings. The third-order valence-corrected chi connectivity index (χ3v) is 5.25. The van der Waals surface area contributed by atoms with Crippen LogP contribution in [-0.4, -0.2) is 49.2 Å². The maximum atomic E-state index is 12.5. The molecular formula is C18H28ClN3O2. The van der Waals surface area contributed by atoms with Gasteiger partial charge in [-0.2, -0.15) is 0 Å². The van der Waals surface area contributed by atoms with Crippen molar-refractivity contribution < 1.29 is 9.53 Å². The lowest BCUT2D eigenvalue weighted by Crippen LogP contribution is -2.59. The van der Waals surface area contributed by atoms with Gasteiger partial charge >= 0.3 is 0 Å². The Bertz CT molecular complexity index is 541. The molecule has 1 aromatic carbocycles. The minimum absolute atomic E-state index is 0. The molecule has 3 rings (SSSR count). The first-order valence-electron chi connectivity index (χ1n) is 8.67. The Morgan fingerprint density at radius 2 is 1.83 bits per heavy atom. The number of nitrogen functional groups attached to an aromatic ring is 1. The van der Waals surface area contributed by atoms with Crippen molar-refractivity contribution in [2.75, 3.05) is 38.6 Å². The number of nitrogens with one attached hydrogen (secondary N) is 1. The van der Waals surface area contributed by atoms with Gasteiger partial charge < -0.3 is 15.8 Å². The van der Waals surface area contributed by atoms with Crippen LogP contribution < -0.4 is 11.1 Å². The van der Waals surface area contributed by atoms with Gasteiger partial charge in [0, 0.05) is 30.9 Å². The molecule has 3 N–H and O–H groups in total. The quantitative estimate of drug-likeness (QED) is 0.816. The topological polar surface area (TPSA) is 67.6 Å². The summed E-state index contributed by atoms with van der Waals surface area (Å²) < 4.78 is 5.50. The van der Waals surface area contributed by atoms with Crippen molar-refractivity contribution in [3.8, 4) is 0 Å². The summed E-state index contributed by atoms with van der Waals surface area (Å²) in [6, 6.07) is 7.26. The predicted octanol–water partition coefficient (Wildman–Crippen LogP) is 2.46. The van der Waals surface area contributed by atoms with E-state index in [1.165, 1.54) is 19.3 Å². The number of para-hydroxylation sites is 1. The summed E-state index contributed by atoms with van der Waals surface area (Å²) in [5.41, 5.74) is 7.11. The van der Waals surface area contributed by atoms with E-state index in [4.69, 9.17) is 10.5 Å². The SMILES string of the molecule is Cl.Nc1ccccc1C(=O)NCC1(N2CCOCC2)CCCCC1. The zero-order valence-electron chi connectivity index (χ0n) is 14.1. The molecule has 2 fully saturated rings. The van der Waals surface area contributed by atoms with E-state index in [1.807, 2.05) is 12.1 Å². The van der Waals surface area contributed by atoms with Crippen molar-refractivity contribution in [1.29, 1.82) is 0 Å². The molecule has 0 aromatic heterocycles. The number of carbonyl (C=O) groups is 1. The Kier molecular flexibility index (Phi) is 6.90. The van der Waals surface area contributed by atoms with Crippen LogP contribution in [0.4, 0.5) is 5.69 Å². The second kappa shape index (κ2) is 8.70. The average molecular weight is 354 g/mol. The van der Waals surface area contributed by atoms with Gasteiger partial charge in [0.15, 0.2) is 0 Å². The van der Waals surface area contributed by atoms with Crippen LogP contribution in [0.1, 0.15) is 42.5 Å². The number of morpholine rings is 1. The molecule has 0 spiro atoms. The number of halogens is 1. The van der Waals surface area contributed by atoms with Crippen LogP contribution in [0.25, 0.3) is 0 Å². The number of nitrogens with two attached hydrogens (primary N) is 1. The number of carbonyl (C=O) groups excluding carboxylic acids is 1. The number of hydrogen-bond donors (Lipinski definition) is 2. The van der Waals surface area contributed by atoms with E-state index in [-0.39, 0.29) is 23.9 Å². The van der Waals surface area contributed by atoms with Gasteiger partial charge in [-0.1, -0.05) is 31.4 Å². The average Bonchev–Trinajstić information content (AvgIpc) is 2.62. The molecule has 1 aliphatic heterocycles. The summed E-state index contributed by atoms with van der Waals surface area (Å²) >= 11 is 0. The fourth-order valence-electron chi connectivity index (χ4n) is 3.90. The second-order valence-corrected chi connectivity index (χ2v) is 6.65. The molecule has 134 valence electrons. The van der Waals surface area contributed by atoms with Crippen LogP contribution in [-0.2, 0) is 4.74 Å². The van der Waals surface area contributed by atoms with Crippen molar-refractivity contribution in [2.45, 2.75) is 37.6 Å². The Balaban J connectivity index is 0.00000208. The maximum absolute atomic E-state index is 12.5. The molecule has 1 aliphatic carbocycles. The summed E-state index contributed by atoms with van der Waals surface area (Å²) in [6.45, 7) is 4.20. The van der Waals surface area contributed by atoms with Gasteiger partial charge in [0.2, 0.25) is 0 Å². The molecule has 6 heteroatoms. The van der Waals surface area contributed by atoms with Gasteiger partial charge in [-0.25, -0.2) is 0 Å². The van der Waals surface area contributed by atoms with Crippen LogP contribution >= 0.6 is 12.4 Å². The summed E-state index contributed by atoms with van der Waals surface area (Å²) in [5, 5.41) is 3.15. The number of hydrogen-bond acceptors (Lipinski definition) is 4. The van der Waals surface area contributed by atoms with E-state index in [1.54, 1.807) is 12.1 Å². The van der Waals surface area contributed by atoms with Gasteiger partial charge in [-0.3, -0.25) is 9.69 Å². The molecule has 0 unspecified atom stereocenters. The minimum Gasteiger partial charge on any atom is -0.398 e. The summed E-state index contributed by atoms with van der Waals surface area (Å²) in [7, 11) is 0. The van der Waals surface area contributed by atoms with Crippen molar-refractivity contribution in [1.82, 2.24) is 10.2 Å². The molecule has 24 heavy (non-hydrogen) atoms. The predicted molar refractivity (Wildman–Crippen MR) is 98.6 cm³/mol. The van der Waals surface area contributed by atoms with Crippen LogP contribution in [0, 0.1) is 0 Å². The van der Waals surface area contributed by atoms with E-state index >= 15 is 0 Å². The van der Waals surface area contributed by atoms with Crippen LogP contribution in [0.15, 0.2) is 24.3 Å². The lowest BCUT2D eigenvalue weighted by atomic mass is 9.79. The Morgan fingerprint density at radius 1 is 1.17 bits per heavy atom. The highest BCUT2D eigenvalue weighted by Crippen LogP contribution is 2.34. The molecule has 1 saturated heterocycles. The van der Waals surface area contributed by atoms with Gasteiger partial charge in [0.25, 0.3) is 5.91 Å². The first-order chi connectivity index (χ1) is 11.2. The number of anilines is 1. The van der Waals surface area contributed by atoms with Crippen molar-refractivity contribution in [3.05, 3.63) is 29.8 Å².